The topological polar surface area (TPSA) is 64.2 Å². The van der Waals surface area contributed by atoms with Gasteiger partial charge in [-0.3, -0.25) is 13.9 Å². The molecule has 0 bridgehead atoms. The first-order valence-electron chi connectivity index (χ1n) is 8.88. The molecule has 1 aromatic heterocycles. The van der Waals surface area contributed by atoms with E-state index >= 15 is 0 Å². The molecule has 0 amide bonds. The first kappa shape index (κ1) is 23.2. The fraction of sp³-hybridized carbons (Fsp3) is 0.0909. The van der Waals surface area contributed by atoms with Crippen LogP contribution in [0.15, 0.2) is 65.2 Å². The van der Waals surface area contributed by atoms with E-state index in [4.69, 9.17) is 46.4 Å². The third-order valence-electron chi connectivity index (χ3n) is 4.61. The van der Waals surface area contributed by atoms with Crippen LogP contribution in [0, 0.1) is 0 Å². The van der Waals surface area contributed by atoms with Gasteiger partial charge in [0.25, 0.3) is 5.56 Å². The summed E-state index contributed by atoms with van der Waals surface area (Å²) < 4.78 is 2.00. The average Bonchev–Trinajstić information content (AvgIpc) is 2.72. The van der Waals surface area contributed by atoms with Crippen molar-refractivity contribution < 1.29 is 5.11 Å². The first-order valence-corrected chi connectivity index (χ1v) is 10.4. The number of benzene rings is 2. The number of rotatable bonds is 6. The van der Waals surface area contributed by atoms with Gasteiger partial charge in [0.2, 0.25) is 5.88 Å². The predicted molar refractivity (Wildman–Crippen MR) is 128 cm³/mol. The van der Waals surface area contributed by atoms with E-state index in [1.54, 1.807) is 36.4 Å². The standard InChI is InChI=1S/C22H16Cl4N2O3/c1-12(14-3-5-16(23)18(25)7-14)10-27-20(29)9-21(30)28(22(27)31)11-13(2)15-4-6-17(24)19(26)8-15/h3-9,29H,1-2,10-11H2. The van der Waals surface area contributed by atoms with Crippen molar-refractivity contribution in [2.45, 2.75) is 13.1 Å². The highest BCUT2D eigenvalue weighted by atomic mass is 35.5. The second-order valence-electron chi connectivity index (χ2n) is 6.76. The molecule has 1 heterocycles. The Balaban J connectivity index is 1.94. The SMILES string of the molecule is C=C(Cn1c(O)cc(=O)n(CC(=C)c2ccc(Cl)c(Cl)c2)c1=O)c1ccc(Cl)c(Cl)c1. The van der Waals surface area contributed by atoms with Gasteiger partial charge in [0.05, 0.1) is 39.2 Å². The van der Waals surface area contributed by atoms with E-state index in [-0.39, 0.29) is 13.1 Å². The van der Waals surface area contributed by atoms with Crippen molar-refractivity contribution in [3.63, 3.8) is 0 Å². The fourth-order valence-electron chi connectivity index (χ4n) is 2.89. The zero-order valence-electron chi connectivity index (χ0n) is 16.0. The fourth-order valence-corrected chi connectivity index (χ4v) is 3.49. The highest BCUT2D eigenvalue weighted by molar-refractivity contribution is 6.42. The summed E-state index contributed by atoms with van der Waals surface area (Å²) in [4.78, 5) is 25.4. The van der Waals surface area contributed by atoms with Crippen LogP contribution >= 0.6 is 46.4 Å². The Kier molecular flexibility index (Phi) is 7.02. The minimum atomic E-state index is -0.715. The van der Waals surface area contributed by atoms with Gasteiger partial charge >= 0.3 is 5.69 Å². The molecule has 0 unspecified atom stereocenters. The molecule has 31 heavy (non-hydrogen) atoms. The van der Waals surface area contributed by atoms with Crippen molar-refractivity contribution >= 4 is 57.5 Å². The number of aromatic nitrogens is 2. The molecule has 0 aliphatic heterocycles. The number of allylic oxidation sites excluding steroid dienone is 2. The van der Waals surface area contributed by atoms with Crippen LogP contribution in [0.4, 0.5) is 0 Å². The van der Waals surface area contributed by atoms with E-state index in [1.165, 1.54) is 0 Å². The summed E-state index contributed by atoms with van der Waals surface area (Å²) in [5.74, 6) is -0.479. The van der Waals surface area contributed by atoms with Gasteiger partial charge in [-0.2, -0.15) is 0 Å². The summed E-state index contributed by atoms with van der Waals surface area (Å²) >= 11 is 23.9. The minimum absolute atomic E-state index is 0.0673. The van der Waals surface area contributed by atoms with E-state index in [9.17, 15) is 14.7 Å². The lowest BCUT2D eigenvalue weighted by Gasteiger charge is -2.15. The zero-order chi connectivity index (χ0) is 22.9. The molecule has 0 saturated heterocycles. The van der Waals surface area contributed by atoms with Crippen LogP contribution in [-0.2, 0) is 13.1 Å². The molecule has 0 saturated carbocycles. The van der Waals surface area contributed by atoms with Gasteiger partial charge in [-0.25, -0.2) is 4.79 Å². The van der Waals surface area contributed by atoms with Gasteiger partial charge < -0.3 is 5.11 Å². The third-order valence-corrected chi connectivity index (χ3v) is 6.09. The number of hydrogen-bond donors (Lipinski definition) is 1. The van der Waals surface area contributed by atoms with Gasteiger partial charge in [0.1, 0.15) is 0 Å². The number of aromatic hydroxyl groups is 1. The molecule has 0 aliphatic rings. The lowest BCUT2D eigenvalue weighted by Crippen LogP contribution is -2.39. The molecule has 9 heteroatoms. The molecule has 2 aromatic carbocycles. The van der Waals surface area contributed by atoms with E-state index < -0.39 is 17.1 Å². The Morgan fingerprint density at radius 2 is 1.19 bits per heavy atom. The molecule has 5 nitrogen and oxygen atoms in total. The molecule has 0 aliphatic carbocycles. The van der Waals surface area contributed by atoms with E-state index in [0.717, 1.165) is 15.2 Å². The molecule has 1 N–H and O–H groups in total. The summed E-state index contributed by atoms with van der Waals surface area (Å²) in [5, 5.41) is 11.6. The minimum Gasteiger partial charge on any atom is -0.494 e. The highest BCUT2D eigenvalue weighted by Crippen LogP contribution is 2.27. The molecular weight excluding hydrogens is 482 g/mol. The summed E-state index contributed by atoms with van der Waals surface area (Å²) in [6, 6.07) is 10.8. The molecule has 3 rings (SSSR count). The third kappa shape index (κ3) is 5.08. The molecule has 0 atom stereocenters. The molecule has 3 aromatic rings. The quantitative estimate of drug-likeness (QED) is 0.471. The maximum Gasteiger partial charge on any atom is 0.334 e. The maximum atomic E-state index is 13.0. The van der Waals surface area contributed by atoms with E-state index in [2.05, 4.69) is 13.2 Å². The van der Waals surface area contributed by atoms with Crippen LogP contribution in [0.25, 0.3) is 11.1 Å². The molecular formula is C22H16Cl4N2O3. The van der Waals surface area contributed by atoms with Crippen LogP contribution in [0.1, 0.15) is 11.1 Å². The maximum absolute atomic E-state index is 13.0. The van der Waals surface area contributed by atoms with Crippen LogP contribution < -0.4 is 11.2 Å². The Bertz CT molecular complexity index is 1330. The molecule has 0 spiro atoms. The number of nitrogens with zero attached hydrogens (tertiary/aromatic N) is 2. The smallest absolute Gasteiger partial charge is 0.334 e. The monoisotopic (exact) mass is 496 g/mol. The van der Waals surface area contributed by atoms with Gasteiger partial charge in [-0.05, 0) is 46.5 Å². The number of hydrogen-bond acceptors (Lipinski definition) is 3. The zero-order valence-corrected chi connectivity index (χ0v) is 19.1. The van der Waals surface area contributed by atoms with Crippen molar-refractivity contribution in [3.8, 4) is 5.88 Å². The van der Waals surface area contributed by atoms with Crippen LogP contribution in [-0.4, -0.2) is 14.2 Å². The lowest BCUT2D eigenvalue weighted by atomic mass is 10.1. The van der Waals surface area contributed by atoms with E-state index in [0.29, 0.717) is 42.4 Å². The van der Waals surface area contributed by atoms with Crippen molar-refractivity contribution in [1.29, 1.82) is 0 Å². The van der Waals surface area contributed by atoms with Crippen molar-refractivity contribution in [2.75, 3.05) is 0 Å². The number of halogens is 4. The largest absolute Gasteiger partial charge is 0.494 e. The first-order chi connectivity index (χ1) is 14.6. The predicted octanol–water partition coefficient (Wildman–Crippen LogP) is 5.76. The molecule has 160 valence electrons. The van der Waals surface area contributed by atoms with Gasteiger partial charge in [0, 0.05) is 0 Å². The Morgan fingerprint density at radius 3 is 1.65 bits per heavy atom. The Labute approximate surface area is 198 Å². The van der Waals surface area contributed by atoms with Gasteiger partial charge in [0.15, 0.2) is 0 Å². The average molecular weight is 498 g/mol. The van der Waals surface area contributed by atoms with Crippen LogP contribution in [0.5, 0.6) is 5.88 Å². The normalized spacial score (nSPS) is 10.8. The van der Waals surface area contributed by atoms with Gasteiger partial charge in [-0.1, -0.05) is 71.7 Å². The summed E-state index contributed by atoms with van der Waals surface area (Å²) in [6.45, 7) is 7.71. The van der Waals surface area contributed by atoms with Crippen molar-refractivity contribution in [2.24, 2.45) is 0 Å². The highest BCUT2D eigenvalue weighted by Gasteiger charge is 2.15. The second-order valence-corrected chi connectivity index (χ2v) is 8.39. The van der Waals surface area contributed by atoms with Crippen molar-refractivity contribution in [3.05, 3.63) is 108 Å². The van der Waals surface area contributed by atoms with Crippen LogP contribution in [0.3, 0.4) is 0 Å². The van der Waals surface area contributed by atoms with Crippen molar-refractivity contribution in [1.82, 2.24) is 9.13 Å². The van der Waals surface area contributed by atoms with Crippen LogP contribution in [0.2, 0.25) is 20.1 Å². The Morgan fingerprint density at radius 1 is 0.742 bits per heavy atom. The lowest BCUT2D eigenvalue weighted by molar-refractivity contribution is 0.404. The molecule has 0 radical (unpaired) electrons. The molecule has 0 fully saturated rings. The summed E-state index contributed by atoms with van der Waals surface area (Å²) in [5.41, 5.74) is 0.842. The van der Waals surface area contributed by atoms with Gasteiger partial charge in [-0.15, -0.1) is 0 Å². The second kappa shape index (κ2) is 9.37. The summed E-state index contributed by atoms with van der Waals surface area (Å²) in [6.07, 6.45) is 0. The summed E-state index contributed by atoms with van der Waals surface area (Å²) in [7, 11) is 0. The van der Waals surface area contributed by atoms with E-state index in [1.807, 2.05) is 0 Å². The Hall–Kier alpha value is -2.44.